The summed E-state index contributed by atoms with van der Waals surface area (Å²) >= 11 is 0. The zero-order valence-corrected chi connectivity index (χ0v) is 14.9. The van der Waals surface area contributed by atoms with Crippen molar-refractivity contribution in [3.05, 3.63) is 61.2 Å². The third-order valence-corrected chi connectivity index (χ3v) is 3.33. The molecule has 1 atom stereocenters. The second-order valence-corrected chi connectivity index (χ2v) is 5.19. The lowest BCUT2D eigenvalue weighted by atomic mass is 10.0. The molecule has 0 radical (unpaired) electrons. The van der Waals surface area contributed by atoms with Gasteiger partial charge in [0.25, 0.3) is 0 Å². The van der Waals surface area contributed by atoms with Crippen molar-refractivity contribution in [3.8, 4) is 0 Å². The highest BCUT2D eigenvalue weighted by Gasteiger charge is 2.07. The molecule has 1 aromatic carbocycles. The second-order valence-electron chi connectivity index (χ2n) is 5.19. The van der Waals surface area contributed by atoms with Crippen molar-refractivity contribution >= 4 is 0 Å². The van der Waals surface area contributed by atoms with Gasteiger partial charge in [0.05, 0.1) is 0 Å². The fourth-order valence-electron chi connectivity index (χ4n) is 2.00. The van der Waals surface area contributed by atoms with Gasteiger partial charge in [-0.3, -0.25) is 0 Å². The van der Waals surface area contributed by atoms with Gasteiger partial charge in [0.2, 0.25) is 0 Å². The van der Waals surface area contributed by atoms with Crippen molar-refractivity contribution in [3.63, 3.8) is 0 Å². The van der Waals surface area contributed by atoms with Gasteiger partial charge in [0.1, 0.15) is 0 Å². The van der Waals surface area contributed by atoms with Gasteiger partial charge in [0.15, 0.2) is 0 Å². The van der Waals surface area contributed by atoms with Crippen molar-refractivity contribution in [2.75, 3.05) is 0 Å². The molecule has 0 aliphatic heterocycles. The van der Waals surface area contributed by atoms with Gasteiger partial charge in [-0.1, -0.05) is 69.2 Å². The van der Waals surface area contributed by atoms with Gasteiger partial charge in [0, 0.05) is 12.1 Å². The number of hydrogen-bond acceptors (Lipinski definition) is 2. The van der Waals surface area contributed by atoms with Gasteiger partial charge < -0.3 is 11.5 Å². The van der Waals surface area contributed by atoms with Crippen LogP contribution in [0.2, 0.25) is 0 Å². The van der Waals surface area contributed by atoms with Crippen LogP contribution in [0.5, 0.6) is 0 Å². The smallest absolute Gasteiger partial charge is 0.0289 e. The Bertz CT molecular complexity index is 353. The Hall–Kier alpha value is -1.38. The molecule has 126 valence electrons. The largest absolute Gasteiger partial charge is 0.328 e. The Balaban J connectivity index is 0. The minimum Gasteiger partial charge on any atom is -0.328 e. The van der Waals surface area contributed by atoms with Crippen molar-refractivity contribution in [1.82, 2.24) is 0 Å². The number of hydrogen-bond donors (Lipinski definition) is 2. The van der Waals surface area contributed by atoms with Gasteiger partial charge in [-0.25, -0.2) is 0 Å². The van der Waals surface area contributed by atoms with Crippen LogP contribution in [0.25, 0.3) is 0 Å². The molecule has 0 amide bonds. The Morgan fingerprint density at radius 2 is 1.59 bits per heavy atom. The molecule has 2 rings (SSSR count). The van der Waals surface area contributed by atoms with Gasteiger partial charge in [-0.05, 0) is 31.7 Å². The summed E-state index contributed by atoms with van der Waals surface area (Å²) < 4.78 is 0. The van der Waals surface area contributed by atoms with E-state index < -0.39 is 0 Å². The van der Waals surface area contributed by atoms with Crippen LogP contribution in [0.4, 0.5) is 0 Å². The molecule has 0 heterocycles. The van der Waals surface area contributed by atoms with E-state index in [0.717, 1.165) is 12.0 Å². The zero-order chi connectivity index (χ0) is 17.4. The number of benzene rings is 1. The summed E-state index contributed by atoms with van der Waals surface area (Å²) in [6, 6.07) is 10.9. The summed E-state index contributed by atoms with van der Waals surface area (Å²) in [5, 5.41) is 0. The lowest BCUT2D eigenvalue weighted by Gasteiger charge is -2.10. The Morgan fingerprint density at radius 1 is 1.14 bits per heavy atom. The van der Waals surface area contributed by atoms with E-state index in [9.17, 15) is 0 Å². The topological polar surface area (TPSA) is 52.0 Å². The normalized spacial score (nSPS) is 14.2. The lowest BCUT2D eigenvalue weighted by Crippen LogP contribution is -2.23. The van der Waals surface area contributed by atoms with Gasteiger partial charge in [-0.2, -0.15) is 0 Å². The van der Waals surface area contributed by atoms with Crippen LogP contribution >= 0.6 is 0 Å². The standard InChI is InChI=1S/C11H15N.C5H11N.C2H6.C2H4/c1-9(2)11(12)8-10-6-4-3-5-7-10;6-5-3-1-2-4-5;2*1-2/h3-7,11H,1,8,12H2,2H3;5H,1-4,6H2;1-2H3;1-2H2. The second kappa shape index (κ2) is 16.0. The molecule has 2 nitrogen and oxygen atoms in total. The minimum atomic E-state index is 0.0902. The predicted octanol–water partition coefficient (Wildman–Crippen LogP) is 4.85. The maximum atomic E-state index is 5.85. The van der Waals surface area contributed by atoms with Crippen molar-refractivity contribution < 1.29 is 0 Å². The first-order valence-corrected chi connectivity index (χ1v) is 8.30. The molecule has 1 unspecified atom stereocenters. The first kappa shape index (κ1) is 22.9. The third-order valence-electron chi connectivity index (χ3n) is 3.33. The SMILES string of the molecule is C=C.C=C(C)C(N)Cc1ccccc1.CC.NC1CCCC1. The molecule has 0 bridgehead atoms. The third kappa shape index (κ3) is 12.4. The highest BCUT2D eigenvalue weighted by Crippen LogP contribution is 2.14. The summed E-state index contributed by atoms with van der Waals surface area (Å²) in [5.41, 5.74) is 13.7. The average Bonchev–Trinajstić information content (AvgIpc) is 3.04. The van der Waals surface area contributed by atoms with Crippen molar-refractivity contribution in [2.45, 2.75) is 65.0 Å². The van der Waals surface area contributed by atoms with Gasteiger partial charge in [-0.15, -0.1) is 13.2 Å². The van der Waals surface area contributed by atoms with Crippen LogP contribution in [0.1, 0.15) is 52.0 Å². The molecule has 22 heavy (non-hydrogen) atoms. The Morgan fingerprint density at radius 3 is 1.91 bits per heavy atom. The average molecular weight is 305 g/mol. The highest BCUT2D eigenvalue weighted by atomic mass is 14.6. The summed E-state index contributed by atoms with van der Waals surface area (Å²) in [7, 11) is 0. The Labute approximate surface area is 138 Å². The molecule has 1 saturated carbocycles. The number of rotatable bonds is 3. The summed E-state index contributed by atoms with van der Waals surface area (Å²) in [6.45, 7) is 15.8. The van der Waals surface area contributed by atoms with E-state index >= 15 is 0 Å². The van der Waals surface area contributed by atoms with Crippen LogP contribution in [0.3, 0.4) is 0 Å². The molecule has 0 aromatic heterocycles. The van der Waals surface area contributed by atoms with E-state index in [1.54, 1.807) is 0 Å². The molecule has 4 N–H and O–H groups in total. The first-order valence-electron chi connectivity index (χ1n) is 8.30. The predicted molar refractivity (Wildman–Crippen MR) is 102 cm³/mol. The minimum absolute atomic E-state index is 0.0902. The quantitative estimate of drug-likeness (QED) is 0.784. The van der Waals surface area contributed by atoms with Crippen LogP contribution in [0.15, 0.2) is 55.6 Å². The zero-order valence-electron chi connectivity index (χ0n) is 14.9. The molecule has 1 aliphatic rings. The van der Waals surface area contributed by atoms with Crippen LogP contribution in [0, 0.1) is 0 Å². The van der Waals surface area contributed by atoms with Crippen LogP contribution in [-0.2, 0) is 6.42 Å². The molecular formula is C20H36N2. The van der Waals surface area contributed by atoms with Crippen molar-refractivity contribution in [2.24, 2.45) is 11.5 Å². The molecule has 0 spiro atoms. The maximum Gasteiger partial charge on any atom is 0.0289 e. The van der Waals surface area contributed by atoms with Crippen molar-refractivity contribution in [1.29, 1.82) is 0 Å². The molecule has 1 aromatic rings. The molecule has 1 aliphatic carbocycles. The molecule has 1 fully saturated rings. The van der Waals surface area contributed by atoms with E-state index in [1.165, 1.54) is 31.2 Å². The summed E-state index contributed by atoms with van der Waals surface area (Å²) in [5.74, 6) is 0. The van der Waals surface area contributed by atoms with E-state index in [4.69, 9.17) is 11.5 Å². The monoisotopic (exact) mass is 304 g/mol. The summed E-state index contributed by atoms with van der Waals surface area (Å²) in [6.07, 6.45) is 6.14. The first-order chi connectivity index (χ1) is 10.6. The number of nitrogens with two attached hydrogens (primary N) is 2. The molecular weight excluding hydrogens is 268 g/mol. The van der Waals surface area contributed by atoms with E-state index in [-0.39, 0.29) is 6.04 Å². The molecule has 0 saturated heterocycles. The van der Waals surface area contributed by atoms with E-state index in [2.05, 4.69) is 31.9 Å². The van der Waals surface area contributed by atoms with Gasteiger partial charge >= 0.3 is 0 Å². The van der Waals surface area contributed by atoms with E-state index in [0.29, 0.717) is 6.04 Å². The Kier molecular flexibility index (Phi) is 16.6. The fraction of sp³-hybridized carbons (Fsp3) is 0.500. The summed E-state index contributed by atoms with van der Waals surface area (Å²) in [4.78, 5) is 0. The fourth-order valence-corrected chi connectivity index (χ4v) is 2.00. The molecule has 2 heteroatoms. The highest BCUT2D eigenvalue weighted by molar-refractivity contribution is 5.18. The van der Waals surface area contributed by atoms with E-state index in [1.807, 2.05) is 39.0 Å². The lowest BCUT2D eigenvalue weighted by molar-refractivity contribution is 0.704. The van der Waals surface area contributed by atoms with Crippen LogP contribution in [-0.4, -0.2) is 12.1 Å². The van der Waals surface area contributed by atoms with Crippen LogP contribution < -0.4 is 11.5 Å². The maximum absolute atomic E-state index is 5.85.